The highest BCUT2D eigenvalue weighted by atomic mass is 35.5. The molecule has 2 heterocycles. The predicted molar refractivity (Wildman–Crippen MR) is 116 cm³/mol. The van der Waals surface area contributed by atoms with Crippen molar-refractivity contribution >= 4 is 23.6 Å². The molecule has 30 heavy (non-hydrogen) atoms. The number of hydrogen-bond acceptors (Lipinski definition) is 5. The third-order valence-electron chi connectivity index (χ3n) is 4.40. The summed E-state index contributed by atoms with van der Waals surface area (Å²) in [6.07, 6.45) is 10.1. The maximum Gasteiger partial charge on any atom is 0.247 e. The average molecular weight is 424 g/mol. The van der Waals surface area contributed by atoms with Gasteiger partial charge in [0.15, 0.2) is 11.5 Å². The molecule has 0 bridgehead atoms. The van der Waals surface area contributed by atoms with E-state index in [0.717, 1.165) is 16.7 Å². The number of ether oxygens (including phenoxy) is 2. The van der Waals surface area contributed by atoms with Crippen molar-refractivity contribution in [3.63, 3.8) is 0 Å². The van der Waals surface area contributed by atoms with Crippen LogP contribution >= 0.6 is 11.6 Å². The van der Waals surface area contributed by atoms with E-state index in [-0.39, 0.29) is 5.91 Å². The largest absolute Gasteiger partial charge is 0.493 e. The van der Waals surface area contributed by atoms with Gasteiger partial charge in [-0.05, 0) is 53.1 Å². The first-order valence-electron chi connectivity index (χ1n) is 9.27. The Morgan fingerprint density at radius 3 is 2.47 bits per heavy atom. The molecule has 6 nitrogen and oxygen atoms in total. The Balaban J connectivity index is 1.82. The Kier molecular flexibility index (Phi) is 7.40. The Bertz CT molecular complexity index is 969. The fraction of sp³-hybridized carbons (Fsp3) is 0.174. The van der Waals surface area contributed by atoms with Crippen LogP contribution in [0.15, 0.2) is 67.3 Å². The smallest absolute Gasteiger partial charge is 0.247 e. The van der Waals surface area contributed by atoms with Gasteiger partial charge >= 0.3 is 0 Å². The number of halogens is 1. The molecule has 154 valence electrons. The SMILES string of the molecule is COc1cc(/C=C/C(=O)N(Cc2ccncc2)Cc2cccnc2)cc(Cl)c1OC. The summed E-state index contributed by atoms with van der Waals surface area (Å²) < 4.78 is 10.6. The lowest BCUT2D eigenvalue weighted by Crippen LogP contribution is -2.28. The Labute approximate surface area is 180 Å². The molecule has 0 unspecified atom stereocenters. The third-order valence-corrected chi connectivity index (χ3v) is 4.69. The minimum atomic E-state index is -0.137. The van der Waals surface area contributed by atoms with E-state index in [0.29, 0.717) is 29.6 Å². The van der Waals surface area contributed by atoms with Gasteiger partial charge in [-0.15, -0.1) is 0 Å². The van der Waals surface area contributed by atoms with Gasteiger partial charge in [-0.2, -0.15) is 0 Å². The minimum Gasteiger partial charge on any atom is -0.493 e. The monoisotopic (exact) mass is 423 g/mol. The van der Waals surface area contributed by atoms with Crippen molar-refractivity contribution in [2.75, 3.05) is 14.2 Å². The van der Waals surface area contributed by atoms with E-state index in [4.69, 9.17) is 21.1 Å². The number of amides is 1. The van der Waals surface area contributed by atoms with Gasteiger partial charge in [0, 0.05) is 44.0 Å². The summed E-state index contributed by atoms with van der Waals surface area (Å²) in [4.78, 5) is 22.9. The Morgan fingerprint density at radius 1 is 1.03 bits per heavy atom. The summed E-state index contributed by atoms with van der Waals surface area (Å²) in [6, 6.07) is 11.1. The topological polar surface area (TPSA) is 64.5 Å². The quantitative estimate of drug-likeness (QED) is 0.503. The molecule has 1 aromatic carbocycles. The van der Waals surface area contributed by atoms with E-state index in [9.17, 15) is 4.79 Å². The summed E-state index contributed by atoms with van der Waals surface area (Å²) in [6.45, 7) is 0.888. The molecule has 0 N–H and O–H groups in total. The van der Waals surface area contributed by atoms with Crippen molar-refractivity contribution in [3.05, 3.63) is 89.0 Å². The number of hydrogen-bond donors (Lipinski definition) is 0. The van der Waals surface area contributed by atoms with Gasteiger partial charge in [0.1, 0.15) is 0 Å². The molecular weight excluding hydrogens is 402 g/mol. The van der Waals surface area contributed by atoms with Gasteiger partial charge in [0.2, 0.25) is 5.91 Å². The van der Waals surface area contributed by atoms with Crippen LogP contribution in [0.4, 0.5) is 0 Å². The fourth-order valence-corrected chi connectivity index (χ4v) is 3.24. The van der Waals surface area contributed by atoms with Crippen LogP contribution in [0, 0.1) is 0 Å². The summed E-state index contributed by atoms with van der Waals surface area (Å²) in [7, 11) is 3.06. The molecule has 0 saturated carbocycles. The van der Waals surface area contributed by atoms with Crippen molar-refractivity contribution in [2.24, 2.45) is 0 Å². The van der Waals surface area contributed by atoms with Crippen LogP contribution in [0.2, 0.25) is 5.02 Å². The van der Waals surface area contributed by atoms with Crippen LogP contribution < -0.4 is 9.47 Å². The summed E-state index contributed by atoms with van der Waals surface area (Å²) in [5.74, 6) is 0.821. The number of carbonyl (C=O) groups excluding carboxylic acids is 1. The molecule has 0 saturated heterocycles. The molecular formula is C23H22ClN3O3. The fourth-order valence-electron chi connectivity index (χ4n) is 2.94. The molecule has 0 aliphatic carbocycles. The molecule has 0 fully saturated rings. The predicted octanol–water partition coefficient (Wildman–Crippen LogP) is 4.39. The van der Waals surface area contributed by atoms with Crippen molar-refractivity contribution in [1.29, 1.82) is 0 Å². The lowest BCUT2D eigenvalue weighted by atomic mass is 10.1. The molecule has 0 atom stereocenters. The third kappa shape index (κ3) is 5.58. The highest BCUT2D eigenvalue weighted by Gasteiger charge is 2.14. The second-order valence-electron chi connectivity index (χ2n) is 6.48. The Hall–Kier alpha value is -3.38. The number of benzene rings is 1. The summed E-state index contributed by atoms with van der Waals surface area (Å²) >= 11 is 6.26. The van der Waals surface area contributed by atoms with Crippen LogP contribution in [0.1, 0.15) is 16.7 Å². The molecule has 0 radical (unpaired) electrons. The second-order valence-corrected chi connectivity index (χ2v) is 6.89. The van der Waals surface area contributed by atoms with Crippen molar-refractivity contribution in [1.82, 2.24) is 14.9 Å². The number of nitrogens with zero attached hydrogens (tertiary/aromatic N) is 3. The first-order chi connectivity index (χ1) is 14.6. The maximum atomic E-state index is 13.0. The number of methoxy groups -OCH3 is 2. The van der Waals surface area contributed by atoms with E-state index < -0.39 is 0 Å². The van der Waals surface area contributed by atoms with Gasteiger partial charge in [-0.3, -0.25) is 14.8 Å². The number of pyridine rings is 2. The molecule has 3 rings (SSSR count). The van der Waals surface area contributed by atoms with E-state index in [2.05, 4.69) is 9.97 Å². The lowest BCUT2D eigenvalue weighted by molar-refractivity contribution is -0.127. The van der Waals surface area contributed by atoms with Gasteiger partial charge in [-0.1, -0.05) is 17.7 Å². The normalized spacial score (nSPS) is 10.8. The van der Waals surface area contributed by atoms with Crippen LogP contribution in [-0.4, -0.2) is 35.0 Å². The maximum absolute atomic E-state index is 13.0. The van der Waals surface area contributed by atoms with E-state index in [1.54, 1.807) is 47.9 Å². The van der Waals surface area contributed by atoms with Crippen LogP contribution in [0.5, 0.6) is 11.5 Å². The number of carbonyl (C=O) groups is 1. The van der Waals surface area contributed by atoms with Crippen molar-refractivity contribution in [2.45, 2.75) is 13.1 Å². The standard InChI is InChI=1S/C23H22ClN3O3/c1-29-21-13-18(12-20(24)23(21)30-2)5-6-22(28)27(15-17-7-10-25-11-8-17)16-19-4-3-9-26-14-19/h3-14H,15-16H2,1-2H3/b6-5+. The first-order valence-corrected chi connectivity index (χ1v) is 9.65. The molecule has 0 aliphatic rings. The number of rotatable bonds is 8. The lowest BCUT2D eigenvalue weighted by Gasteiger charge is -2.21. The zero-order chi connectivity index (χ0) is 21.3. The molecule has 0 spiro atoms. The molecule has 3 aromatic rings. The van der Waals surface area contributed by atoms with Gasteiger partial charge in [0.05, 0.1) is 19.2 Å². The minimum absolute atomic E-state index is 0.137. The molecule has 2 aromatic heterocycles. The highest BCUT2D eigenvalue weighted by molar-refractivity contribution is 6.32. The molecule has 1 amide bonds. The molecule has 0 aliphatic heterocycles. The summed E-state index contributed by atoms with van der Waals surface area (Å²) in [5, 5.41) is 0.410. The molecule has 7 heteroatoms. The highest BCUT2D eigenvalue weighted by Crippen LogP contribution is 2.36. The number of aromatic nitrogens is 2. The van der Waals surface area contributed by atoms with Crippen molar-refractivity contribution < 1.29 is 14.3 Å². The van der Waals surface area contributed by atoms with Crippen LogP contribution in [0.3, 0.4) is 0 Å². The average Bonchev–Trinajstić information content (AvgIpc) is 2.78. The zero-order valence-corrected chi connectivity index (χ0v) is 17.5. The van der Waals surface area contributed by atoms with E-state index >= 15 is 0 Å². The second kappa shape index (κ2) is 10.4. The van der Waals surface area contributed by atoms with E-state index in [1.807, 2.05) is 24.3 Å². The van der Waals surface area contributed by atoms with E-state index in [1.165, 1.54) is 20.3 Å². The Morgan fingerprint density at radius 2 is 1.80 bits per heavy atom. The van der Waals surface area contributed by atoms with Crippen LogP contribution in [-0.2, 0) is 17.9 Å². The zero-order valence-electron chi connectivity index (χ0n) is 16.8. The van der Waals surface area contributed by atoms with Crippen molar-refractivity contribution in [3.8, 4) is 11.5 Å². The summed E-state index contributed by atoms with van der Waals surface area (Å²) in [5.41, 5.74) is 2.67. The van der Waals surface area contributed by atoms with Gasteiger partial charge < -0.3 is 14.4 Å². The first kappa shape index (κ1) is 21.3. The van der Waals surface area contributed by atoms with Gasteiger partial charge in [-0.25, -0.2) is 0 Å². The van der Waals surface area contributed by atoms with Crippen LogP contribution in [0.25, 0.3) is 6.08 Å². The van der Waals surface area contributed by atoms with Gasteiger partial charge in [0.25, 0.3) is 0 Å².